The number of para-hydroxylation sites is 1. The van der Waals surface area contributed by atoms with Gasteiger partial charge in [0.2, 0.25) is 0 Å². The van der Waals surface area contributed by atoms with Crippen molar-refractivity contribution in [2.45, 2.75) is 4.34 Å². The summed E-state index contributed by atoms with van der Waals surface area (Å²) in [5, 5.41) is 11.7. The van der Waals surface area contributed by atoms with Gasteiger partial charge in [0.25, 0.3) is 0 Å². The number of nitrogens with zero attached hydrogens (tertiary/aromatic N) is 1. The Labute approximate surface area is 103 Å². The second kappa shape index (κ2) is 6.20. The van der Waals surface area contributed by atoms with E-state index in [0.29, 0.717) is 6.54 Å². The average molecular weight is 254 g/mol. The van der Waals surface area contributed by atoms with Gasteiger partial charge in [-0.1, -0.05) is 23.9 Å². The molecule has 3 nitrogen and oxygen atoms in total. The van der Waals surface area contributed by atoms with E-state index in [4.69, 9.17) is 5.11 Å². The predicted molar refractivity (Wildman–Crippen MR) is 70.3 cm³/mol. The van der Waals surface area contributed by atoms with Crippen molar-refractivity contribution in [3.8, 4) is 0 Å². The molecule has 0 spiro atoms. The normalized spacial score (nSPS) is 11.1. The molecule has 0 aliphatic carbocycles. The number of aliphatic hydroxyl groups is 1. The molecule has 86 valence electrons. The summed E-state index contributed by atoms with van der Waals surface area (Å²) in [7, 11) is 0. The van der Waals surface area contributed by atoms with Crippen molar-refractivity contribution >= 4 is 33.3 Å². The maximum absolute atomic E-state index is 8.60. The van der Waals surface area contributed by atoms with Crippen LogP contribution in [-0.4, -0.2) is 35.5 Å². The van der Waals surface area contributed by atoms with E-state index in [1.165, 1.54) is 4.70 Å². The lowest BCUT2D eigenvalue weighted by Crippen LogP contribution is -2.20. The summed E-state index contributed by atoms with van der Waals surface area (Å²) in [6.45, 7) is 1.77. The van der Waals surface area contributed by atoms with Gasteiger partial charge in [-0.3, -0.25) is 0 Å². The quantitative estimate of drug-likeness (QED) is 0.611. The van der Waals surface area contributed by atoms with Crippen LogP contribution >= 0.6 is 23.1 Å². The summed E-state index contributed by atoms with van der Waals surface area (Å²) in [4.78, 5) is 4.53. The minimum atomic E-state index is 0.200. The average Bonchev–Trinajstić information content (AvgIpc) is 2.71. The van der Waals surface area contributed by atoms with E-state index in [0.717, 1.165) is 22.2 Å². The van der Waals surface area contributed by atoms with E-state index in [2.05, 4.69) is 16.4 Å². The van der Waals surface area contributed by atoms with E-state index >= 15 is 0 Å². The van der Waals surface area contributed by atoms with Crippen LogP contribution in [0.15, 0.2) is 28.6 Å². The van der Waals surface area contributed by atoms with E-state index in [1.54, 1.807) is 23.1 Å². The summed E-state index contributed by atoms with van der Waals surface area (Å²) in [6.07, 6.45) is 0. The first kappa shape index (κ1) is 11.9. The van der Waals surface area contributed by atoms with E-state index in [1.807, 2.05) is 18.2 Å². The first-order chi connectivity index (χ1) is 7.90. The van der Waals surface area contributed by atoms with Gasteiger partial charge in [0.15, 0.2) is 4.34 Å². The summed E-state index contributed by atoms with van der Waals surface area (Å²) in [5.74, 6) is 0.986. The Morgan fingerprint density at radius 3 is 3.00 bits per heavy atom. The molecule has 0 bridgehead atoms. The minimum Gasteiger partial charge on any atom is -0.395 e. The number of hydrogen-bond acceptors (Lipinski definition) is 5. The lowest BCUT2D eigenvalue weighted by molar-refractivity contribution is 0.294. The third-order valence-electron chi connectivity index (χ3n) is 2.07. The van der Waals surface area contributed by atoms with Crippen molar-refractivity contribution in [2.75, 3.05) is 25.4 Å². The van der Waals surface area contributed by atoms with Gasteiger partial charge in [-0.05, 0) is 12.1 Å². The van der Waals surface area contributed by atoms with Gasteiger partial charge in [-0.25, -0.2) is 4.98 Å². The zero-order valence-corrected chi connectivity index (χ0v) is 10.5. The molecule has 0 unspecified atom stereocenters. The van der Waals surface area contributed by atoms with Gasteiger partial charge < -0.3 is 10.4 Å². The minimum absolute atomic E-state index is 0.200. The van der Waals surface area contributed by atoms with Crippen LogP contribution in [0.25, 0.3) is 10.2 Å². The summed E-state index contributed by atoms with van der Waals surface area (Å²) >= 11 is 3.50. The molecule has 2 aromatic rings. The highest BCUT2D eigenvalue weighted by molar-refractivity contribution is 8.01. The van der Waals surface area contributed by atoms with Crippen LogP contribution in [0.2, 0.25) is 0 Å². The Hall–Kier alpha value is -0.620. The highest BCUT2D eigenvalue weighted by Gasteiger charge is 2.02. The molecule has 1 heterocycles. The Morgan fingerprint density at radius 2 is 2.19 bits per heavy atom. The summed E-state index contributed by atoms with van der Waals surface area (Å²) in [6, 6.07) is 8.19. The van der Waals surface area contributed by atoms with Crippen LogP contribution in [-0.2, 0) is 0 Å². The molecule has 16 heavy (non-hydrogen) atoms. The summed E-state index contributed by atoms with van der Waals surface area (Å²) < 4.78 is 2.36. The molecule has 0 aliphatic rings. The molecular formula is C11H14N2OS2. The highest BCUT2D eigenvalue weighted by atomic mass is 32.2. The Kier molecular flexibility index (Phi) is 4.59. The number of thioether (sulfide) groups is 1. The third kappa shape index (κ3) is 3.18. The predicted octanol–water partition coefficient (Wildman–Crippen LogP) is 1.97. The molecular weight excluding hydrogens is 240 g/mol. The van der Waals surface area contributed by atoms with Crippen LogP contribution in [0.1, 0.15) is 0 Å². The number of thiazole rings is 1. The van der Waals surface area contributed by atoms with E-state index in [9.17, 15) is 0 Å². The fourth-order valence-electron chi connectivity index (χ4n) is 1.33. The lowest BCUT2D eigenvalue weighted by atomic mass is 10.3. The number of fused-ring (bicyclic) bond motifs is 1. The third-order valence-corrected chi connectivity index (χ3v) is 4.25. The lowest BCUT2D eigenvalue weighted by Gasteiger charge is -1.99. The standard InChI is InChI=1S/C11H14N2OS2/c14-7-5-12-6-8-15-11-13-9-3-1-2-4-10(9)16-11/h1-4,12,14H,5-8H2. The first-order valence-corrected chi connectivity index (χ1v) is 7.00. The smallest absolute Gasteiger partial charge is 0.151 e. The van der Waals surface area contributed by atoms with Crippen molar-refractivity contribution in [3.63, 3.8) is 0 Å². The second-order valence-corrected chi connectivity index (χ2v) is 5.64. The number of hydrogen-bond donors (Lipinski definition) is 2. The molecule has 5 heteroatoms. The highest BCUT2D eigenvalue weighted by Crippen LogP contribution is 2.28. The van der Waals surface area contributed by atoms with Crippen LogP contribution in [0.5, 0.6) is 0 Å². The van der Waals surface area contributed by atoms with Crippen LogP contribution in [0.3, 0.4) is 0 Å². The molecule has 0 amide bonds. The van der Waals surface area contributed by atoms with Gasteiger partial charge in [0.1, 0.15) is 0 Å². The molecule has 0 aliphatic heterocycles. The van der Waals surface area contributed by atoms with Crippen LogP contribution < -0.4 is 5.32 Å². The van der Waals surface area contributed by atoms with Crippen molar-refractivity contribution in [1.82, 2.24) is 10.3 Å². The maximum atomic E-state index is 8.60. The topological polar surface area (TPSA) is 45.1 Å². The van der Waals surface area contributed by atoms with Gasteiger partial charge in [-0.2, -0.15) is 0 Å². The Balaban J connectivity index is 1.85. The zero-order valence-electron chi connectivity index (χ0n) is 8.85. The molecule has 0 radical (unpaired) electrons. The van der Waals surface area contributed by atoms with Crippen LogP contribution in [0.4, 0.5) is 0 Å². The van der Waals surface area contributed by atoms with Crippen molar-refractivity contribution in [1.29, 1.82) is 0 Å². The zero-order chi connectivity index (χ0) is 11.2. The van der Waals surface area contributed by atoms with Crippen molar-refractivity contribution in [3.05, 3.63) is 24.3 Å². The maximum Gasteiger partial charge on any atom is 0.151 e. The molecule has 0 atom stereocenters. The van der Waals surface area contributed by atoms with Crippen LogP contribution in [0, 0.1) is 0 Å². The fraction of sp³-hybridized carbons (Fsp3) is 0.364. The molecule has 2 rings (SSSR count). The van der Waals surface area contributed by atoms with Crippen molar-refractivity contribution in [2.24, 2.45) is 0 Å². The van der Waals surface area contributed by atoms with E-state index < -0.39 is 0 Å². The summed E-state index contributed by atoms with van der Waals surface area (Å²) in [5.41, 5.74) is 1.08. The number of benzene rings is 1. The molecule has 1 aromatic heterocycles. The number of nitrogens with one attached hydrogen (secondary N) is 1. The van der Waals surface area contributed by atoms with Gasteiger partial charge in [0.05, 0.1) is 16.8 Å². The number of rotatable bonds is 6. The molecule has 0 saturated heterocycles. The van der Waals surface area contributed by atoms with E-state index in [-0.39, 0.29) is 6.61 Å². The van der Waals surface area contributed by atoms with Crippen molar-refractivity contribution < 1.29 is 5.11 Å². The first-order valence-electron chi connectivity index (χ1n) is 5.20. The number of aromatic nitrogens is 1. The van der Waals surface area contributed by atoms with Gasteiger partial charge >= 0.3 is 0 Å². The Morgan fingerprint density at radius 1 is 1.31 bits per heavy atom. The molecule has 0 saturated carbocycles. The monoisotopic (exact) mass is 254 g/mol. The SMILES string of the molecule is OCCNCCSc1nc2ccccc2s1. The number of aliphatic hydroxyl groups excluding tert-OH is 1. The largest absolute Gasteiger partial charge is 0.395 e. The van der Waals surface area contributed by atoms with Gasteiger partial charge in [-0.15, -0.1) is 11.3 Å². The van der Waals surface area contributed by atoms with Gasteiger partial charge in [0, 0.05) is 18.8 Å². The fourth-order valence-corrected chi connectivity index (χ4v) is 3.36. The molecule has 1 aromatic carbocycles. The molecule has 0 fully saturated rings. The molecule has 2 N–H and O–H groups in total. The second-order valence-electron chi connectivity index (χ2n) is 3.27. The Bertz CT molecular complexity index is 411.